The Morgan fingerprint density at radius 3 is 1.53 bits per heavy atom. The second-order valence-electron chi connectivity index (χ2n) is 6.15. The van der Waals surface area contributed by atoms with Crippen LogP contribution in [0.15, 0.2) is 57.4 Å². The third-order valence-electron chi connectivity index (χ3n) is 4.18. The van der Waals surface area contributed by atoms with Gasteiger partial charge < -0.3 is 28.9 Å². The van der Waals surface area contributed by atoms with Crippen LogP contribution in [0.25, 0.3) is 0 Å². The average Bonchev–Trinajstić information content (AvgIpc) is 3.42. The molecule has 0 bridgehead atoms. The number of nitrogens with zero attached hydrogens (tertiary/aromatic N) is 4. The third-order valence-corrected chi connectivity index (χ3v) is 4.18. The normalized spacial score (nSPS) is 10.6. The van der Waals surface area contributed by atoms with Crippen LogP contribution in [0.1, 0.15) is 11.8 Å². The number of aromatic nitrogens is 4. The van der Waals surface area contributed by atoms with Crippen molar-refractivity contribution >= 4 is 23.4 Å². The monoisotopic (exact) mass is 408 g/mol. The number of ether oxygens (including phenoxy) is 2. The molecule has 154 valence electrons. The van der Waals surface area contributed by atoms with E-state index < -0.39 is 0 Å². The van der Waals surface area contributed by atoms with E-state index in [1.165, 1.54) is 0 Å². The topological polar surface area (TPSA) is 120 Å². The molecular weight excluding hydrogens is 388 g/mol. The van der Waals surface area contributed by atoms with E-state index in [1.807, 2.05) is 48.5 Å². The van der Waals surface area contributed by atoms with Crippen LogP contribution < -0.4 is 20.1 Å². The highest BCUT2D eigenvalue weighted by molar-refractivity contribution is 5.62. The summed E-state index contributed by atoms with van der Waals surface area (Å²) in [5.41, 5.74) is 1.47. The maximum Gasteiger partial charge on any atom is 0.320 e. The number of rotatable bonds is 9. The fourth-order valence-corrected chi connectivity index (χ4v) is 2.75. The molecule has 10 heteroatoms. The van der Waals surface area contributed by atoms with Crippen molar-refractivity contribution in [2.75, 3.05) is 24.9 Å². The number of para-hydroxylation sites is 4. The zero-order valence-corrected chi connectivity index (χ0v) is 16.5. The first-order valence-electron chi connectivity index (χ1n) is 9.20. The lowest BCUT2D eigenvalue weighted by Crippen LogP contribution is -1.94. The molecule has 0 unspecified atom stereocenters. The Labute approximate surface area is 172 Å². The summed E-state index contributed by atoms with van der Waals surface area (Å²) in [6.07, 6.45) is 0.911. The Kier molecular flexibility index (Phi) is 5.74. The average molecular weight is 408 g/mol. The van der Waals surface area contributed by atoms with Gasteiger partial charge in [-0.15, -0.1) is 10.2 Å². The maximum absolute atomic E-state index is 5.63. The Morgan fingerprint density at radius 1 is 0.667 bits per heavy atom. The Bertz CT molecular complexity index is 1020. The van der Waals surface area contributed by atoms with Crippen molar-refractivity contribution in [3.05, 3.63) is 60.3 Å². The number of hydrogen-bond acceptors (Lipinski definition) is 10. The molecule has 0 saturated heterocycles. The van der Waals surface area contributed by atoms with Crippen LogP contribution in [-0.2, 0) is 12.8 Å². The van der Waals surface area contributed by atoms with Gasteiger partial charge in [-0.1, -0.05) is 34.5 Å². The molecule has 4 rings (SSSR count). The fourth-order valence-electron chi connectivity index (χ4n) is 2.75. The van der Waals surface area contributed by atoms with Gasteiger partial charge in [-0.05, 0) is 24.3 Å². The summed E-state index contributed by atoms with van der Waals surface area (Å²) in [6.45, 7) is 0. The minimum atomic E-state index is 0.276. The molecule has 0 aliphatic heterocycles. The van der Waals surface area contributed by atoms with Gasteiger partial charge in [0.2, 0.25) is 11.8 Å². The molecule has 0 radical (unpaired) electrons. The van der Waals surface area contributed by atoms with Crippen LogP contribution in [-0.4, -0.2) is 34.6 Å². The summed E-state index contributed by atoms with van der Waals surface area (Å²) < 4.78 is 21.9. The summed E-state index contributed by atoms with van der Waals surface area (Å²) in [4.78, 5) is 0. The molecule has 2 N–H and O–H groups in total. The van der Waals surface area contributed by atoms with E-state index in [1.54, 1.807) is 14.2 Å². The smallest absolute Gasteiger partial charge is 0.320 e. The Hall–Kier alpha value is -4.08. The first-order chi connectivity index (χ1) is 14.7. The molecule has 2 heterocycles. The zero-order valence-electron chi connectivity index (χ0n) is 16.5. The molecule has 0 spiro atoms. The summed E-state index contributed by atoms with van der Waals surface area (Å²) >= 11 is 0. The highest BCUT2D eigenvalue weighted by atomic mass is 16.5. The number of methoxy groups -OCH3 is 2. The molecule has 10 nitrogen and oxygen atoms in total. The molecule has 2 aromatic carbocycles. The predicted molar refractivity (Wildman–Crippen MR) is 109 cm³/mol. The van der Waals surface area contributed by atoms with E-state index >= 15 is 0 Å². The highest BCUT2D eigenvalue weighted by Gasteiger charge is 2.13. The maximum atomic E-state index is 5.63. The minimum Gasteiger partial charge on any atom is -0.495 e. The third kappa shape index (κ3) is 4.49. The van der Waals surface area contributed by atoms with Crippen LogP contribution in [0.2, 0.25) is 0 Å². The summed E-state index contributed by atoms with van der Waals surface area (Å²) in [5.74, 6) is 2.26. The summed E-state index contributed by atoms with van der Waals surface area (Å²) in [7, 11) is 3.20. The number of anilines is 4. The predicted octanol–water partition coefficient (Wildman–Crippen LogP) is 3.74. The van der Waals surface area contributed by atoms with Gasteiger partial charge in [0.15, 0.2) is 0 Å². The van der Waals surface area contributed by atoms with Crippen LogP contribution in [0, 0.1) is 0 Å². The van der Waals surface area contributed by atoms with E-state index in [0.29, 0.717) is 36.1 Å². The number of hydrogen-bond donors (Lipinski definition) is 2. The lowest BCUT2D eigenvalue weighted by atomic mass is 10.3. The second-order valence-corrected chi connectivity index (χ2v) is 6.15. The standard InChI is InChI=1S/C20H20N6O4/c1-27-15-9-5-3-7-13(15)21-19-25-23-17(29-19)11-12-18-24-26-20(30-18)22-14-8-4-6-10-16(14)28-2/h3-10H,11-12H2,1-2H3,(H,21,25)(H,22,26). The van der Waals surface area contributed by atoms with Crippen molar-refractivity contribution in [3.63, 3.8) is 0 Å². The molecule has 0 aliphatic carbocycles. The van der Waals surface area contributed by atoms with Crippen molar-refractivity contribution in [2.45, 2.75) is 12.8 Å². The second kappa shape index (κ2) is 8.95. The Balaban J connectivity index is 1.35. The van der Waals surface area contributed by atoms with Crippen molar-refractivity contribution in [3.8, 4) is 11.5 Å². The molecule has 0 fully saturated rings. The van der Waals surface area contributed by atoms with Crippen LogP contribution in [0.4, 0.5) is 23.4 Å². The van der Waals surface area contributed by atoms with Gasteiger partial charge in [-0.2, -0.15) is 0 Å². The number of benzene rings is 2. The van der Waals surface area contributed by atoms with Gasteiger partial charge in [0.1, 0.15) is 11.5 Å². The molecule has 4 aromatic rings. The van der Waals surface area contributed by atoms with E-state index in [-0.39, 0.29) is 12.0 Å². The number of aryl methyl sites for hydroxylation is 2. The van der Waals surface area contributed by atoms with Crippen molar-refractivity contribution in [2.24, 2.45) is 0 Å². The summed E-state index contributed by atoms with van der Waals surface area (Å²) in [6, 6.07) is 15.5. The largest absolute Gasteiger partial charge is 0.495 e. The molecule has 0 saturated carbocycles. The van der Waals surface area contributed by atoms with E-state index in [2.05, 4.69) is 31.0 Å². The minimum absolute atomic E-state index is 0.276. The fraction of sp³-hybridized carbons (Fsp3) is 0.200. The van der Waals surface area contributed by atoms with Crippen LogP contribution in [0.5, 0.6) is 11.5 Å². The lowest BCUT2D eigenvalue weighted by Gasteiger charge is -2.07. The van der Waals surface area contributed by atoms with Gasteiger partial charge in [0.25, 0.3) is 0 Å². The van der Waals surface area contributed by atoms with E-state index in [0.717, 1.165) is 11.4 Å². The van der Waals surface area contributed by atoms with Gasteiger partial charge in [-0.3, -0.25) is 0 Å². The van der Waals surface area contributed by atoms with Gasteiger partial charge >= 0.3 is 12.0 Å². The van der Waals surface area contributed by atoms with E-state index in [4.69, 9.17) is 18.3 Å². The SMILES string of the molecule is COc1ccccc1Nc1nnc(CCc2nnc(Nc3ccccc3OC)o2)o1. The lowest BCUT2D eigenvalue weighted by molar-refractivity contribution is 0.416. The van der Waals surface area contributed by atoms with Crippen LogP contribution in [0.3, 0.4) is 0 Å². The quantitative estimate of drug-likeness (QED) is 0.423. The molecule has 0 amide bonds. The van der Waals surface area contributed by atoms with Gasteiger partial charge in [-0.25, -0.2) is 0 Å². The van der Waals surface area contributed by atoms with Crippen LogP contribution >= 0.6 is 0 Å². The van der Waals surface area contributed by atoms with Gasteiger partial charge in [0, 0.05) is 12.8 Å². The van der Waals surface area contributed by atoms with Gasteiger partial charge in [0.05, 0.1) is 25.6 Å². The Morgan fingerprint density at radius 2 is 1.10 bits per heavy atom. The van der Waals surface area contributed by atoms with Crippen molar-refractivity contribution in [1.29, 1.82) is 0 Å². The first kappa shape index (κ1) is 19.2. The summed E-state index contributed by atoms with van der Waals surface area (Å²) in [5, 5.41) is 22.2. The van der Waals surface area contributed by atoms with Crippen molar-refractivity contribution < 1.29 is 18.3 Å². The van der Waals surface area contributed by atoms with E-state index in [9.17, 15) is 0 Å². The number of nitrogens with one attached hydrogen (secondary N) is 2. The highest BCUT2D eigenvalue weighted by Crippen LogP contribution is 2.27. The molecule has 0 aliphatic rings. The molecular formula is C20H20N6O4. The zero-order chi connectivity index (χ0) is 20.8. The molecule has 30 heavy (non-hydrogen) atoms. The molecule has 0 atom stereocenters. The van der Waals surface area contributed by atoms with Crippen molar-refractivity contribution in [1.82, 2.24) is 20.4 Å². The first-order valence-corrected chi connectivity index (χ1v) is 9.20. The molecule has 2 aromatic heterocycles.